The highest BCUT2D eigenvalue weighted by atomic mass is 35.5. The molecule has 0 aliphatic carbocycles. The lowest BCUT2D eigenvalue weighted by atomic mass is 10.1. The summed E-state index contributed by atoms with van der Waals surface area (Å²) in [6.45, 7) is 6.52. The van der Waals surface area contributed by atoms with Crippen LogP contribution in [0.2, 0.25) is 0 Å². The molecule has 1 unspecified atom stereocenters. The number of pyridine rings is 1. The van der Waals surface area contributed by atoms with E-state index in [9.17, 15) is 4.79 Å². The summed E-state index contributed by atoms with van der Waals surface area (Å²) in [5, 5.41) is 12.9. The van der Waals surface area contributed by atoms with Crippen molar-refractivity contribution < 1.29 is 4.79 Å². The summed E-state index contributed by atoms with van der Waals surface area (Å²) in [5.41, 5.74) is 2.95. The van der Waals surface area contributed by atoms with Crippen molar-refractivity contribution in [3.05, 3.63) is 47.9 Å². The van der Waals surface area contributed by atoms with E-state index >= 15 is 0 Å². The maximum absolute atomic E-state index is 13.2. The van der Waals surface area contributed by atoms with Crippen molar-refractivity contribution in [2.45, 2.75) is 32.7 Å². The molecule has 4 rings (SSSR count). The lowest BCUT2D eigenvalue weighted by Gasteiger charge is -2.27. The van der Waals surface area contributed by atoms with Gasteiger partial charge in [0.2, 0.25) is 0 Å². The Morgan fingerprint density at radius 1 is 1.28 bits per heavy atom. The molecule has 3 heterocycles. The molecule has 1 aromatic carbocycles. The highest BCUT2D eigenvalue weighted by molar-refractivity contribution is 5.94. The summed E-state index contributed by atoms with van der Waals surface area (Å²) in [7, 11) is 0. The summed E-state index contributed by atoms with van der Waals surface area (Å²) >= 11 is 0. The molecule has 1 N–H and O–H groups in total. The number of rotatable bonds is 5. The van der Waals surface area contributed by atoms with Crippen molar-refractivity contribution in [1.82, 2.24) is 30.2 Å². The number of benzene rings is 1. The van der Waals surface area contributed by atoms with E-state index in [2.05, 4.69) is 27.5 Å². The molecule has 0 spiro atoms. The first-order chi connectivity index (χ1) is 13.2. The maximum Gasteiger partial charge on any atom is 0.276 e. The predicted molar refractivity (Wildman–Crippen MR) is 118 cm³/mol. The van der Waals surface area contributed by atoms with Crippen LogP contribution in [0.5, 0.6) is 0 Å². The molecule has 2 aromatic heterocycles. The van der Waals surface area contributed by atoms with Crippen LogP contribution in [0.4, 0.5) is 0 Å². The van der Waals surface area contributed by atoms with Gasteiger partial charge in [-0.15, -0.1) is 29.9 Å². The molecule has 9 heteroatoms. The van der Waals surface area contributed by atoms with E-state index in [-0.39, 0.29) is 36.8 Å². The predicted octanol–water partition coefficient (Wildman–Crippen LogP) is 3.18. The highest BCUT2D eigenvalue weighted by Gasteiger charge is 2.30. The van der Waals surface area contributed by atoms with E-state index in [1.807, 2.05) is 42.2 Å². The highest BCUT2D eigenvalue weighted by Crippen LogP contribution is 2.23. The molecule has 1 saturated heterocycles. The fraction of sp³-hybridized carbons (Fsp3) is 0.400. The van der Waals surface area contributed by atoms with Gasteiger partial charge in [-0.25, -0.2) is 4.68 Å². The summed E-state index contributed by atoms with van der Waals surface area (Å²) in [6.07, 6.45) is 3.67. The quantitative estimate of drug-likeness (QED) is 0.664. The molecule has 1 aliphatic heterocycles. The Hall–Kier alpha value is -2.22. The maximum atomic E-state index is 13.2. The van der Waals surface area contributed by atoms with Gasteiger partial charge in [0, 0.05) is 30.7 Å². The Kier molecular flexibility index (Phi) is 7.96. The van der Waals surface area contributed by atoms with Gasteiger partial charge < -0.3 is 10.2 Å². The Bertz CT molecular complexity index is 965. The third-order valence-electron chi connectivity index (χ3n) is 5.15. The SMILES string of the molecule is CCCN(C(=O)c1nnn(-c2cccc3ncccc23)c1C)C1CCNC1.Cl.Cl. The molecule has 1 fully saturated rings. The molecule has 0 saturated carbocycles. The second kappa shape index (κ2) is 10.0. The van der Waals surface area contributed by atoms with Crippen LogP contribution in [0, 0.1) is 6.92 Å². The molecular weight excluding hydrogens is 411 g/mol. The molecule has 1 amide bonds. The molecule has 7 nitrogen and oxygen atoms in total. The van der Waals surface area contributed by atoms with Gasteiger partial charge in [0.05, 0.1) is 16.9 Å². The van der Waals surface area contributed by atoms with Gasteiger partial charge in [-0.3, -0.25) is 9.78 Å². The van der Waals surface area contributed by atoms with Gasteiger partial charge in [0.1, 0.15) is 0 Å². The van der Waals surface area contributed by atoms with Crippen LogP contribution in [0.25, 0.3) is 16.6 Å². The van der Waals surface area contributed by atoms with E-state index in [4.69, 9.17) is 0 Å². The number of hydrogen-bond donors (Lipinski definition) is 1. The molecule has 3 aromatic rings. The zero-order valence-electron chi connectivity index (χ0n) is 16.5. The van der Waals surface area contributed by atoms with Gasteiger partial charge in [0.15, 0.2) is 5.69 Å². The summed E-state index contributed by atoms with van der Waals surface area (Å²) in [6, 6.07) is 10.0. The van der Waals surface area contributed by atoms with E-state index in [0.717, 1.165) is 54.8 Å². The third kappa shape index (κ3) is 4.37. The van der Waals surface area contributed by atoms with E-state index < -0.39 is 0 Å². The van der Waals surface area contributed by atoms with E-state index in [1.54, 1.807) is 10.9 Å². The number of nitrogens with zero attached hydrogens (tertiary/aromatic N) is 5. The number of halogens is 2. The Morgan fingerprint density at radius 3 is 2.83 bits per heavy atom. The molecular formula is C20H26Cl2N6O. The number of carbonyl (C=O) groups excluding carboxylic acids is 1. The fourth-order valence-electron chi connectivity index (χ4n) is 3.76. The molecule has 0 bridgehead atoms. The number of nitrogens with one attached hydrogen (secondary N) is 1. The Morgan fingerprint density at radius 2 is 2.10 bits per heavy atom. The molecule has 0 radical (unpaired) electrons. The average molecular weight is 437 g/mol. The third-order valence-corrected chi connectivity index (χ3v) is 5.15. The molecule has 1 atom stereocenters. The van der Waals surface area contributed by atoms with Crippen molar-refractivity contribution in [2.75, 3.05) is 19.6 Å². The first-order valence-electron chi connectivity index (χ1n) is 9.48. The monoisotopic (exact) mass is 436 g/mol. The van der Waals surface area contributed by atoms with Gasteiger partial charge in [0.25, 0.3) is 5.91 Å². The number of fused-ring (bicyclic) bond motifs is 1. The lowest BCUT2D eigenvalue weighted by molar-refractivity contribution is 0.0685. The van der Waals surface area contributed by atoms with Crippen molar-refractivity contribution in [3.63, 3.8) is 0 Å². The molecule has 156 valence electrons. The normalized spacial score (nSPS) is 15.6. The van der Waals surface area contributed by atoms with Crippen LogP contribution in [-0.4, -0.2) is 56.5 Å². The van der Waals surface area contributed by atoms with Gasteiger partial charge in [-0.2, -0.15) is 0 Å². The first-order valence-corrected chi connectivity index (χ1v) is 9.48. The number of carbonyl (C=O) groups is 1. The number of hydrogen-bond acceptors (Lipinski definition) is 5. The summed E-state index contributed by atoms with van der Waals surface area (Å²) < 4.78 is 1.74. The zero-order valence-corrected chi connectivity index (χ0v) is 18.2. The minimum Gasteiger partial charge on any atom is -0.333 e. The van der Waals surface area contributed by atoms with Crippen molar-refractivity contribution in [2.24, 2.45) is 0 Å². The minimum absolute atomic E-state index is 0. The first kappa shape index (κ1) is 23.1. The van der Waals surface area contributed by atoms with Crippen LogP contribution >= 0.6 is 24.8 Å². The van der Waals surface area contributed by atoms with Crippen LogP contribution < -0.4 is 5.32 Å². The van der Waals surface area contributed by atoms with Crippen LogP contribution in [0.3, 0.4) is 0 Å². The van der Waals surface area contributed by atoms with Crippen LogP contribution in [-0.2, 0) is 0 Å². The minimum atomic E-state index is -0.0346. The van der Waals surface area contributed by atoms with Crippen LogP contribution in [0.1, 0.15) is 35.9 Å². The number of aromatic nitrogens is 4. The Labute approximate surface area is 182 Å². The molecule has 1 aliphatic rings. The standard InChI is InChI=1S/C20H24N6O.2ClH/c1-3-12-25(15-9-11-21-13-15)20(27)19-14(2)26(24-23-19)18-8-4-7-17-16(18)6-5-10-22-17;;/h4-8,10,15,21H,3,9,11-13H2,1-2H3;2*1H. The van der Waals surface area contributed by atoms with Crippen molar-refractivity contribution in [1.29, 1.82) is 0 Å². The smallest absolute Gasteiger partial charge is 0.276 e. The van der Waals surface area contributed by atoms with E-state index in [1.165, 1.54) is 0 Å². The average Bonchev–Trinajstić information content (AvgIpc) is 3.35. The fourth-order valence-corrected chi connectivity index (χ4v) is 3.76. The van der Waals surface area contributed by atoms with Gasteiger partial charge in [-0.05, 0) is 50.6 Å². The van der Waals surface area contributed by atoms with Crippen LogP contribution in [0.15, 0.2) is 36.5 Å². The lowest BCUT2D eigenvalue weighted by Crippen LogP contribution is -2.42. The topological polar surface area (TPSA) is 75.9 Å². The summed E-state index contributed by atoms with van der Waals surface area (Å²) in [5.74, 6) is -0.0346. The van der Waals surface area contributed by atoms with E-state index in [0.29, 0.717) is 5.69 Å². The van der Waals surface area contributed by atoms with Gasteiger partial charge >= 0.3 is 0 Å². The number of amides is 1. The van der Waals surface area contributed by atoms with Crippen molar-refractivity contribution >= 4 is 41.6 Å². The summed E-state index contributed by atoms with van der Waals surface area (Å²) in [4.78, 5) is 19.6. The van der Waals surface area contributed by atoms with Gasteiger partial charge in [-0.1, -0.05) is 18.2 Å². The zero-order chi connectivity index (χ0) is 18.8. The molecule has 29 heavy (non-hydrogen) atoms. The Balaban J connectivity index is 0.00000150. The largest absolute Gasteiger partial charge is 0.333 e. The van der Waals surface area contributed by atoms with Crippen molar-refractivity contribution in [3.8, 4) is 5.69 Å². The second-order valence-corrected chi connectivity index (χ2v) is 6.93. The second-order valence-electron chi connectivity index (χ2n) is 6.93.